The zero-order valence-electron chi connectivity index (χ0n) is 16.7. The first-order chi connectivity index (χ1) is 14.9. The van der Waals surface area contributed by atoms with Crippen LogP contribution in [-0.4, -0.2) is 56.2 Å². The van der Waals surface area contributed by atoms with Crippen molar-refractivity contribution in [3.05, 3.63) is 47.8 Å². The summed E-state index contributed by atoms with van der Waals surface area (Å²) in [7, 11) is 0. The molecule has 0 saturated carbocycles. The lowest BCUT2D eigenvalue weighted by Crippen LogP contribution is -2.47. The van der Waals surface area contributed by atoms with Crippen LogP contribution in [0.25, 0.3) is 5.69 Å². The molecule has 1 saturated heterocycles. The first-order valence-corrected chi connectivity index (χ1v) is 9.63. The maximum Gasteiger partial charge on any atom is 0.252 e. The topological polar surface area (TPSA) is 159 Å². The first-order valence-electron chi connectivity index (χ1n) is 9.63. The highest BCUT2D eigenvalue weighted by Gasteiger charge is 2.25. The van der Waals surface area contributed by atoms with Crippen molar-refractivity contribution < 1.29 is 13.9 Å². The van der Waals surface area contributed by atoms with Crippen molar-refractivity contribution in [3.8, 4) is 5.69 Å². The molecule has 0 bridgehead atoms. The van der Waals surface area contributed by atoms with Crippen LogP contribution < -0.4 is 22.1 Å². The molecule has 31 heavy (non-hydrogen) atoms. The third-order valence-electron chi connectivity index (χ3n) is 4.92. The SMILES string of the molecule is Cc1ncc(Nc2nc(N[C@@H]3CCOC[C@@H]3N)c(F)cc2C(N)=O)cc1-n1nccn1. The van der Waals surface area contributed by atoms with E-state index in [0.29, 0.717) is 36.7 Å². The maximum absolute atomic E-state index is 14.6. The zero-order chi connectivity index (χ0) is 22.0. The number of anilines is 3. The van der Waals surface area contributed by atoms with Crippen molar-refractivity contribution in [1.29, 1.82) is 0 Å². The number of hydrogen-bond acceptors (Lipinski definition) is 9. The van der Waals surface area contributed by atoms with Gasteiger partial charge in [0.15, 0.2) is 11.6 Å². The van der Waals surface area contributed by atoms with Crippen LogP contribution in [0.2, 0.25) is 0 Å². The smallest absolute Gasteiger partial charge is 0.252 e. The van der Waals surface area contributed by atoms with E-state index in [4.69, 9.17) is 16.2 Å². The van der Waals surface area contributed by atoms with Gasteiger partial charge in [-0.1, -0.05) is 0 Å². The van der Waals surface area contributed by atoms with Gasteiger partial charge in [0, 0.05) is 18.7 Å². The molecule has 3 aromatic heterocycles. The lowest BCUT2D eigenvalue weighted by atomic mass is 10.0. The number of pyridine rings is 2. The summed E-state index contributed by atoms with van der Waals surface area (Å²) in [6.45, 7) is 2.69. The number of halogens is 1. The number of amides is 1. The molecule has 1 aliphatic rings. The molecule has 1 amide bonds. The Morgan fingerprint density at radius 2 is 2.06 bits per heavy atom. The molecule has 1 fully saturated rings. The predicted octanol–water partition coefficient (Wildman–Crippen LogP) is 0.875. The Morgan fingerprint density at radius 3 is 2.77 bits per heavy atom. The number of primary amides is 1. The second-order valence-corrected chi connectivity index (χ2v) is 7.13. The van der Waals surface area contributed by atoms with Gasteiger partial charge >= 0.3 is 0 Å². The second kappa shape index (κ2) is 8.62. The molecule has 0 spiro atoms. The van der Waals surface area contributed by atoms with Gasteiger partial charge in [0.25, 0.3) is 5.91 Å². The molecule has 12 heteroatoms. The average Bonchev–Trinajstić information content (AvgIpc) is 3.27. The number of ether oxygens (including phenoxy) is 1. The minimum absolute atomic E-state index is 0.0381. The summed E-state index contributed by atoms with van der Waals surface area (Å²) in [4.78, 5) is 21.9. The van der Waals surface area contributed by atoms with Gasteiger partial charge in [0.1, 0.15) is 11.5 Å². The zero-order valence-corrected chi connectivity index (χ0v) is 16.7. The van der Waals surface area contributed by atoms with Crippen LogP contribution in [0.1, 0.15) is 22.5 Å². The number of nitrogens with two attached hydrogens (primary N) is 2. The first kappa shape index (κ1) is 20.6. The highest BCUT2D eigenvalue weighted by atomic mass is 19.1. The van der Waals surface area contributed by atoms with Crippen molar-refractivity contribution in [2.24, 2.45) is 11.5 Å². The Morgan fingerprint density at radius 1 is 1.29 bits per heavy atom. The molecule has 11 nitrogen and oxygen atoms in total. The Balaban J connectivity index is 1.67. The maximum atomic E-state index is 14.6. The van der Waals surface area contributed by atoms with Crippen LogP contribution in [0.4, 0.5) is 21.7 Å². The monoisotopic (exact) mass is 427 g/mol. The summed E-state index contributed by atoms with van der Waals surface area (Å²) >= 11 is 0. The van der Waals surface area contributed by atoms with E-state index in [1.54, 1.807) is 24.7 Å². The van der Waals surface area contributed by atoms with Gasteiger partial charge in [0.2, 0.25) is 0 Å². The number of rotatable bonds is 6. The second-order valence-electron chi connectivity index (χ2n) is 7.13. The fourth-order valence-corrected chi connectivity index (χ4v) is 3.26. The molecule has 4 rings (SSSR count). The fraction of sp³-hybridized carbons (Fsp3) is 0.316. The molecule has 4 heterocycles. The van der Waals surface area contributed by atoms with Gasteiger partial charge in [0.05, 0.1) is 42.1 Å². The van der Waals surface area contributed by atoms with Gasteiger partial charge in [-0.25, -0.2) is 9.37 Å². The van der Waals surface area contributed by atoms with Crippen LogP contribution in [0, 0.1) is 12.7 Å². The summed E-state index contributed by atoms with van der Waals surface area (Å²) in [6, 6.07) is 2.25. The van der Waals surface area contributed by atoms with E-state index in [9.17, 15) is 9.18 Å². The van der Waals surface area contributed by atoms with Crippen LogP contribution in [0.3, 0.4) is 0 Å². The molecule has 1 aliphatic heterocycles. The van der Waals surface area contributed by atoms with E-state index in [1.807, 2.05) is 6.92 Å². The molecule has 3 aromatic rings. The van der Waals surface area contributed by atoms with E-state index in [-0.39, 0.29) is 29.3 Å². The van der Waals surface area contributed by atoms with E-state index < -0.39 is 11.7 Å². The molecular formula is C19H22FN9O2. The molecule has 0 aliphatic carbocycles. The molecule has 0 unspecified atom stereocenters. The molecular weight excluding hydrogens is 405 g/mol. The van der Waals surface area contributed by atoms with Crippen molar-refractivity contribution >= 4 is 23.2 Å². The van der Waals surface area contributed by atoms with Crippen LogP contribution in [-0.2, 0) is 4.74 Å². The minimum atomic E-state index is -0.822. The van der Waals surface area contributed by atoms with Gasteiger partial charge in [-0.15, -0.1) is 4.80 Å². The number of aromatic nitrogens is 5. The molecule has 0 radical (unpaired) electrons. The Bertz CT molecular complexity index is 1090. The highest BCUT2D eigenvalue weighted by Crippen LogP contribution is 2.26. The molecule has 6 N–H and O–H groups in total. The van der Waals surface area contributed by atoms with Crippen molar-refractivity contribution in [1.82, 2.24) is 25.0 Å². The molecule has 2 atom stereocenters. The summed E-state index contributed by atoms with van der Waals surface area (Å²) < 4.78 is 20.0. The number of nitrogens with zero attached hydrogens (tertiary/aromatic N) is 5. The molecule has 162 valence electrons. The van der Waals surface area contributed by atoms with Gasteiger partial charge in [-0.2, -0.15) is 10.2 Å². The quantitative estimate of drug-likeness (QED) is 0.448. The fourth-order valence-electron chi connectivity index (χ4n) is 3.26. The van der Waals surface area contributed by atoms with E-state index in [0.717, 1.165) is 6.07 Å². The lowest BCUT2D eigenvalue weighted by Gasteiger charge is -2.30. The highest BCUT2D eigenvalue weighted by molar-refractivity contribution is 5.98. The number of carbonyl (C=O) groups is 1. The number of nitrogens with one attached hydrogen (secondary N) is 2. The number of aryl methyl sites for hydroxylation is 1. The van der Waals surface area contributed by atoms with Gasteiger partial charge < -0.3 is 26.8 Å². The summed E-state index contributed by atoms with van der Waals surface area (Å²) in [5, 5.41) is 14.2. The van der Waals surface area contributed by atoms with E-state index in [2.05, 4.69) is 30.8 Å². The number of carbonyl (C=O) groups excluding carboxylic acids is 1. The van der Waals surface area contributed by atoms with Crippen LogP contribution >= 0.6 is 0 Å². The summed E-state index contributed by atoms with van der Waals surface area (Å²) in [6.07, 6.45) is 5.25. The standard InChI is InChI=1S/C19H22FN9O2/c1-10-16(29-24-3-4-25-29)6-11(8-23-10)26-18-12(17(22)30)7-13(20)19(28-18)27-15-2-5-31-9-14(15)21/h3-4,6-8,14-15H,2,5,9,21H2,1H3,(H2,22,30)(H2,26,27,28)/t14-,15+/m0/s1. The van der Waals surface area contributed by atoms with Crippen molar-refractivity contribution in [2.45, 2.75) is 25.4 Å². The third-order valence-corrected chi connectivity index (χ3v) is 4.92. The van der Waals surface area contributed by atoms with Crippen molar-refractivity contribution in [2.75, 3.05) is 23.8 Å². The Labute approximate surface area is 177 Å². The van der Waals surface area contributed by atoms with E-state index >= 15 is 0 Å². The summed E-state index contributed by atoms with van der Waals surface area (Å²) in [5.41, 5.74) is 13.2. The Kier molecular flexibility index (Phi) is 5.73. The Hall–Kier alpha value is -3.64. The lowest BCUT2D eigenvalue weighted by molar-refractivity contribution is 0.0751. The average molecular weight is 427 g/mol. The minimum Gasteiger partial charge on any atom is -0.380 e. The van der Waals surface area contributed by atoms with Crippen molar-refractivity contribution in [3.63, 3.8) is 0 Å². The van der Waals surface area contributed by atoms with E-state index in [1.165, 1.54) is 4.80 Å². The van der Waals surface area contributed by atoms with Crippen LogP contribution in [0.5, 0.6) is 0 Å². The summed E-state index contributed by atoms with van der Waals surface area (Å²) in [5.74, 6) is -1.48. The normalized spacial score (nSPS) is 18.5. The number of hydrogen-bond donors (Lipinski definition) is 4. The molecule has 0 aromatic carbocycles. The predicted molar refractivity (Wildman–Crippen MR) is 111 cm³/mol. The van der Waals surface area contributed by atoms with Gasteiger partial charge in [-0.3, -0.25) is 9.78 Å². The van der Waals surface area contributed by atoms with Gasteiger partial charge in [-0.05, 0) is 25.5 Å². The largest absolute Gasteiger partial charge is 0.380 e. The van der Waals surface area contributed by atoms with Crippen LogP contribution in [0.15, 0.2) is 30.7 Å². The third kappa shape index (κ3) is 4.44.